The second-order valence-corrected chi connectivity index (χ2v) is 8.07. The molecule has 3 aromatic heterocycles. The van der Waals surface area contributed by atoms with Gasteiger partial charge in [-0.05, 0) is 25.3 Å². The summed E-state index contributed by atoms with van der Waals surface area (Å²) in [7, 11) is 0. The maximum Gasteiger partial charge on any atom is 0.310 e. The number of thiophene rings is 2. The molecule has 3 heterocycles. The van der Waals surface area contributed by atoms with Crippen molar-refractivity contribution in [1.82, 2.24) is 9.55 Å². The molecular formula is C17H18N2O3S2. The Morgan fingerprint density at radius 3 is 2.71 bits per heavy atom. The Hall–Kier alpha value is -1.99. The van der Waals surface area contributed by atoms with Gasteiger partial charge >= 0.3 is 5.97 Å². The minimum absolute atomic E-state index is 0.104. The summed E-state index contributed by atoms with van der Waals surface area (Å²) < 4.78 is 1.53. The van der Waals surface area contributed by atoms with E-state index in [1.54, 1.807) is 25.2 Å². The summed E-state index contributed by atoms with van der Waals surface area (Å²) in [6, 6.07) is 3.92. The summed E-state index contributed by atoms with van der Waals surface area (Å²) in [5.74, 6) is -0.304. The molecule has 0 aromatic carbocycles. The first kappa shape index (κ1) is 16.9. The lowest BCUT2D eigenvalue weighted by atomic mass is 9.93. The molecule has 1 N–H and O–H groups in total. The van der Waals surface area contributed by atoms with Gasteiger partial charge in [-0.3, -0.25) is 14.2 Å². The summed E-state index contributed by atoms with van der Waals surface area (Å²) in [6.07, 6.45) is 0.577. The van der Waals surface area contributed by atoms with Crippen LogP contribution in [0, 0.1) is 5.41 Å². The molecule has 0 fully saturated rings. The summed E-state index contributed by atoms with van der Waals surface area (Å²) >= 11 is 3.03. The van der Waals surface area contributed by atoms with E-state index in [-0.39, 0.29) is 12.1 Å². The Kier molecular flexibility index (Phi) is 4.31. The van der Waals surface area contributed by atoms with Crippen LogP contribution >= 0.6 is 22.7 Å². The third kappa shape index (κ3) is 2.78. The van der Waals surface area contributed by atoms with Crippen molar-refractivity contribution < 1.29 is 9.90 Å². The monoisotopic (exact) mass is 362 g/mol. The number of aryl methyl sites for hydroxylation is 1. The molecule has 7 heteroatoms. The van der Waals surface area contributed by atoms with Crippen LogP contribution < -0.4 is 5.56 Å². The standard InChI is InChI=1S/C17H18N2O3S2/c1-4-12-18-14-13(10(8-24-14)11-6-5-7-23-11)15(20)19(12)9-17(2,3)16(21)22/h5-8H,4,9H2,1-3H3,(H,21,22). The van der Waals surface area contributed by atoms with Gasteiger partial charge in [-0.25, -0.2) is 4.98 Å². The van der Waals surface area contributed by atoms with Crippen molar-refractivity contribution in [2.75, 3.05) is 0 Å². The first-order valence-electron chi connectivity index (χ1n) is 7.63. The number of carboxylic acids is 1. The van der Waals surface area contributed by atoms with Gasteiger partial charge in [0.05, 0.1) is 10.8 Å². The highest BCUT2D eigenvalue weighted by atomic mass is 32.1. The zero-order valence-electron chi connectivity index (χ0n) is 13.7. The van der Waals surface area contributed by atoms with Gasteiger partial charge in [0, 0.05) is 28.8 Å². The maximum absolute atomic E-state index is 13.1. The SMILES string of the molecule is CCc1nc2scc(-c3cccs3)c2c(=O)n1CC(C)(C)C(=O)O. The van der Waals surface area contributed by atoms with E-state index in [2.05, 4.69) is 4.98 Å². The van der Waals surface area contributed by atoms with Gasteiger partial charge in [0.15, 0.2) is 0 Å². The summed E-state index contributed by atoms with van der Waals surface area (Å²) in [4.78, 5) is 31.0. The number of hydrogen-bond donors (Lipinski definition) is 1. The molecule has 5 nitrogen and oxygen atoms in total. The topological polar surface area (TPSA) is 72.2 Å². The normalized spacial score (nSPS) is 12.0. The number of rotatable bonds is 5. The molecule has 3 rings (SSSR count). The summed E-state index contributed by atoms with van der Waals surface area (Å²) in [5.41, 5.74) is -0.315. The fourth-order valence-electron chi connectivity index (χ4n) is 2.58. The molecule has 0 saturated heterocycles. The van der Waals surface area contributed by atoms with Crippen LogP contribution in [-0.4, -0.2) is 20.6 Å². The fourth-order valence-corrected chi connectivity index (χ4v) is 4.35. The maximum atomic E-state index is 13.1. The van der Waals surface area contributed by atoms with E-state index < -0.39 is 11.4 Å². The van der Waals surface area contributed by atoms with Gasteiger partial charge in [-0.2, -0.15) is 0 Å². The average molecular weight is 362 g/mol. The molecule has 0 atom stereocenters. The van der Waals surface area contributed by atoms with E-state index in [1.165, 1.54) is 15.9 Å². The third-order valence-corrected chi connectivity index (χ3v) is 5.78. The van der Waals surface area contributed by atoms with E-state index in [1.807, 2.05) is 29.8 Å². The third-order valence-electron chi connectivity index (χ3n) is 4.01. The van der Waals surface area contributed by atoms with Crippen LogP contribution in [0.5, 0.6) is 0 Å². The van der Waals surface area contributed by atoms with Crippen molar-refractivity contribution in [3.63, 3.8) is 0 Å². The number of nitrogens with zero attached hydrogens (tertiary/aromatic N) is 2. The fraction of sp³-hybridized carbons (Fsp3) is 0.353. The zero-order chi connectivity index (χ0) is 17.5. The number of carbonyl (C=O) groups is 1. The first-order valence-corrected chi connectivity index (χ1v) is 9.39. The number of aromatic nitrogens is 2. The molecule has 3 aromatic rings. The van der Waals surface area contributed by atoms with Crippen molar-refractivity contribution in [1.29, 1.82) is 0 Å². The molecule has 0 aliphatic rings. The van der Waals surface area contributed by atoms with Crippen molar-refractivity contribution >= 4 is 38.9 Å². The van der Waals surface area contributed by atoms with Crippen LogP contribution in [0.1, 0.15) is 26.6 Å². The Morgan fingerprint density at radius 1 is 1.38 bits per heavy atom. The van der Waals surface area contributed by atoms with Crippen molar-refractivity contribution in [2.24, 2.45) is 5.41 Å². The molecule has 0 spiro atoms. The lowest BCUT2D eigenvalue weighted by Crippen LogP contribution is -2.36. The minimum atomic E-state index is -1.04. The molecule has 126 valence electrons. The van der Waals surface area contributed by atoms with Gasteiger partial charge in [-0.15, -0.1) is 22.7 Å². The highest BCUT2D eigenvalue weighted by Gasteiger charge is 2.30. The van der Waals surface area contributed by atoms with Gasteiger partial charge in [0.1, 0.15) is 10.7 Å². The molecule has 0 saturated carbocycles. The van der Waals surface area contributed by atoms with Crippen molar-refractivity contribution in [3.8, 4) is 10.4 Å². The van der Waals surface area contributed by atoms with Crippen molar-refractivity contribution in [2.45, 2.75) is 33.7 Å². The smallest absolute Gasteiger partial charge is 0.310 e. The zero-order valence-corrected chi connectivity index (χ0v) is 15.3. The van der Waals surface area contributed by atoms with E-state index in [9.17, 15) is 14.7 Å². The van der Waals surface area contributed by atoms with Crippen LogP contribution in [0.3, 0.4) is 0 Å². The van der Waals surface area contributed by atoms with E-state index in [0.29, 0.717) is 22.5 Å². The summed E-state index contributed by atoms with van der Waals surface area (Å²) in [5, 5.41) is 13.9. The van der Waals surface area contributed by atoms with Crippen LogP contribution in [0.4, 0.5) is 0 Å². The second-order valence-electron chi connectivity index (χ2n) is 6.27. The Labute approximate surface area is 147 Å². The Bertz CT molecular complexity index is 952. The second kappa shape index (κ2) is 6.14. The lowest BCUT2D eigenvalue weighted by Gasteiger charge is -2.22. The molecule has 0 unspecified atom stereocenters. The highest BCUT2D eigenvalue weighted by molar-refractivity contribution is 7.18. The Balaban J connectivity index is 2.25. The van der Waals surface area contributed by atoms with Gasteiger partial charge < -0.3 is 5.11 Å². The summed E-state index contributed by atoms with van der Waals surface area (Å²) in [6.45, 7) is 5.27. The molecule has 24 heavy (non-hydrogen) atoms. The molecular weight excluding hydrogens is 344 g/mol. The van der Waals surface area contributed by atoms with Gasteiger partial charge in [-0.1, -0.05) is 13.0 Å². The van der Waals surface area contributed by atoms with Crippen LogP contribution in [0.25, 0.3) is 20.7 Å². The van der Waals surface area contributed by atoms with E-state index >= 15 is 0 Å². The number of aliphatic carboxylic acids is 1. The van der Waals surface area contributed by atoms with Crippen LogP contribution in [0.2, 0.25) is 0 Å². The predicted molar refractivity (Wildman–Crippen MR) is 98.0 cm³/mol. The number of hydrogen-bond acceptors (Lipinski definition) is 5. The molecule has 0 aliphatic heterocycles. The first-order chi connectivity index (χ1) is 11.3. The van der Waals surface area contributed by atoms with Crippen LogP contribution in [0.15, 0.2) is 27.7 Å². The molecule has 0 radical (unpaired) electrons. The van der Waals surface area contributed by atoms with E-state index in [4.69, 9.17) is 0 Å². The molecule has 0 aliphatic carbocycles. The van der Waals surface area contributed by atoms with Gasteiger partial charge in [0.25, 0.3) is 5.56 Å². The lowest BCUT2D eigenvalue weighted by molar-refractivity contribution is -0.147. The highest BCUT2D eigenvalue weighted by Crippen LogP contribution is 2.34. The largest absolute Gasteiger partial charge is 0.481 e. The van der Waals surface area contributed by atoms with Gasteiger partial charge in [0.2, 0.25) is 0 Å². The number of carboxylic acid groups (broad SMARTS) is 1. The minimum Gasteiger partial charge on any atom is -0.481 e. The predicted octanol–water partition coefficient (Wildman–Crippen LogP) is 3.86. The quantitative estimate of drug-likeness (QED) is 0.748. The van der Waals surface area contributed by atoms with Crippen LogP contribution in [-0.2, 0) is 17.8 Å². The molecule has 0 bridgehead atoms. The number of fused-ring (bicyclic) bond motifs is 1. The molecule has 0 amide bonds. The Morgan fingerprint density at radius 2 is 2.12 bits per heavy atom. The van der Waals surface area contributed by atoms with E-state index in [0.717, 1.165) is 10.4 Å². The average Bonchev–Trinajstić information content (AvgIpc) is 3.18. The van der Waals surface area contributed by atoms with Crippen molar-refractivity contribution in [3.05, 3.63) is 39.1 Å².